The highest BCUT2D eigenvalue weighted by Crippen LogP contribution is 2.19. The molecule has 0 saturated heterocycles. The predicted molar refractivity (Wildman–Crippen MR) is 94.2 cm³/mol. The van der Waals surface area contributed by atoms with E-state index < -0.39 is 10.0 Å². The van der Waals surface area contributed by atoms with Gasteiger partial charge in [-0.3, -0.25) is 4.72 Å². The molecule has 0 fully saturated rings. The predicted octanol–water partition coefficient (Wildman–Crippen LogP) is 3.56. The van der Waals surface area contributed by atoms with Crippen LogP contribution < -0.4 is 4.72 Å². The molecule has 0 aliphatic carbocycles. The van der Waals surface area contributed by atoms with Crippen LogP contribution in [0.2, 0.25) is 0 Å². The van der Waals surface area contributed by atoms with Crippen molar-refractivity contribution in [2.45, 2.75) is 18.7 Å². The molecule has 0 atom stereocenters. The fraction of sp³-hybridized carbons (Fsp3) is 0.111. The Hall–Kier alpha value is -2.73. The Morgan fingerprint density at radius 2 is 1.54 bits per heavy atom. The van der Waals surface area contributed by atoms with E-state index in [0.29, 0.717) is 11.5 Å². The van der Waals surface area contributed by atoms with Crippen molar-refractivity contribution in [3.05, 3.63) is 72.1 Å². The summed E-state index contributed by atoms with van der Waals surface area (Å²) < 4.78 is 27.4. The smallest absolute Gasteiger partial charge is 0.262 e. The summed E-state index contributed by atoms with van der Waals surface area (Å²) in [5, 5.41) is 0. The molecule has 0 saturated carbocycles. The summed E-state index contributed by atoms with van der Waals surface area (Å²) in [6, 6.07) is 14.5. The largest absolute Gasteiger partial charge is 0.276 e. The van der Waals surface area contributed by atoms with Crippen LogP contribution >= 0.6 is 0 Å². The van der Waals surface area contributed by atoms with Crippen molar-refractivity contribution in [1.82, 2.24) is 9.97 Å². The van der Waals surface area contributed by atoms with Crippen molar-refractivity contribution >= 4 is 15.7 Å². The van der Waals surface area contributed by atoms with E-state index in [2.05, 4.69) is 14.7 Å². The molecule has 6 heteroatoms. The molecule has 0 bridgehead atoms. The van der Waals surface area contributed by atoms with Gasteiger partial charge in [-0.05, 0) is 37.1 Å². The second kappa shape index (κ2) is 6.41. The normalized spacial score (nSPS) is 11.2. The van der Waals surface area contributed by atoms with Gasteiger partial charge in [0.1, 0.15) is 0 Å². The highest BCUT2D eigenvalue weighted by molar-refractivity contribution is 7.92. The van der Waals surface area contributed by atoms with E-state index in [1.54, 1.807) is 18.2 Å². The second-order valence-corrected chi connectivity index (χ2v) is 7.20. The van der Waals surface area contributed by atoms with Crippen LogP contribution in [0.5, 0.6) is 0 Å². The first-order chi connectivity index (χ1) is 11.5. The molecule has 0 radical (unpaired) electrons. The van der Waals surface area contributed by atoms with Crippen LogP contribution in [0.3, 0.4) is 0 Å². The number of nitrogens with zero attached hydrogens (tertiary/aromatic N) is 2. The summed E-state index contributed by atoms with van der Waals surface area (Å²) >= 11 is 0. The molecule has 1 N–H and O–H groups in total. The average Bonchev–Trinajstić information content (AvgIpc) is 2.58. The molecule has 0 spiro atoms. The summed E-state index contributed by atoms with van der Waals surface area (Å²) in [5.41, 5.74) is 3.17. The van der Waals surface area contributed by atoms with Crippen LogP contribution in [0, 0.1) is 13.8 Å². The molecule has 0 amide bonds. The number of hydrogen-bond acceptors (Lipinski definition) is 4. The van der Waals surface area contributed by atoms with E-state index in [0.717, 1.165) is 16.7 Å². The van der Waals surface area contributed by atoms with Gasteiger partial charge in [-0.1, -0.05) is 36.4 Å². The quantitative estimate of drug-likeness (QED) is 0.789. The minimum atomic E-state index is -3.66. The van der Waals surface area contributed by atoms with Crippen molar-refractivity contribution in [1.29, 1.82) is 0 Å². The van der Waals surface area contributed by atoms with Crippen LogP contribution in [-0.4, -0.2) is 18.4 Å². The van der Waals surface area contributed by atoms with Gasteiger partial charge in [-0.15, -0.1) is 0 Å². The Kier molecular flexibility index (Phi) is 4.31. The van der Waals surface area contributed by atoms with E-state index >= 15 is 0 Å². The second-order valence-electron chi connectivity index (χ2n) is 5.51. The summed E-state index contributed by atoms with van der Waals surface area (Å²) in [6.45, 7) is 3.82. The van der Waals surface area contributed by atoms with Gasteiger partial charge in [-0.2, -0.15) is 0 Å². The summed E-state index contributed by atoms with van der Waals surface area (Å²) in [4.78, 5) is 8.66. The fourth-order valence-electron chi connectivity index (χ4n) is 2.21. The third-order valence-electron chi connectivity index (χ3n) is 3.72. The number of benzene rings is 2. The highest BCUT2D eigenvalue weighted by Gasteiger charge is 2.15. The molecule has 3 rings (SSSR count). The molecular formula is C18H17N3O2S. The molecule has 2 aromatic carbocycles. The van der Waals surface area contributed by atoms with Crippen molar-refractivity contribution in [3.8, 4) is 11.4 Å². The van der Waals surface area contributed by atoms with Gasteiger partial charge in [0.25, 0.3) is 10.0 Å². The Balaban J connectivity index is 1.84. The van der Waals surface area contributed by atoms with Gasteiger partial charge in [0.15, 0.2) is 5.82 Å². The third kappa shape index (κ3) is 3.44. The zero-order valence-corrected chi connectivity index (χ0v) is 14.2. The van der Waals surface area contributed by atoms with Crippen LogP contribution in [0.4, 0.5) is 5.69 Å². The van der Waals surface area contributed by atoms with E-state index in [-0.39, 0.29) is 4.90 Å². The zero-order chi connectivity index (χ0) is 17.2. The maximum atomic E-state index is 12.5. The number of nitrogens with one attached hydrogen (secondary N) is 1. The first-order valence-electron chi connectivity index (χ1n) is 7.43. The van der Waals surface area contributed by atoms with E-state index in [9.17, 15) is 8.42 Å². The Morgan fingerprint density at radius 1 is 0.875 bits per heavy atom. The minimum absolute atomic E-state index is 0.220. The minimum Gasteiger partial charge on any atom is -0.276 e. The van der Waals surface area contributed by atoms with Crippen LogP contribution in [0.1, 0.15) is 11.1 Å². The molecule has 24 heavy (non-hydrogen) atoms. The topological polar surface area (TPSA) is 72.0 Å². The average molecular weight is 339 g/mol. The lowest BCUT2D eigenvalue weighted by molar-refractivity contribution is 0.601. The van der Waals surface area contributed by atoms with E-state index in [1.807, 2.05) is 44.2 Å². The van der Waals surface area contributed by atoms with Crippen molar-refractivity contribution in [2.75, 3.05) is 4.72 Å². The van der Waals surface area contributed by atoms with Crippen LogP contribution in [0.25, 0.3) is 11.4 Å². The number of aromatic nitrogens is 2. The lowest BCUT2D eigenvalue weighted by Gasteiger charge is -2.09. The number of rotatable bonds is 4. The molecule has 3 aromatic rings. The lowest BCUT2D eigenvalue weighted by Crippen LogP contribution is -2.13. The fourth-order valence-corrected chi connectivity index (χ4v) is 3.32. The summed E-state index contributed by atoms with van der Waals surface area (Å²) in [5.74, 6) is 0.546. The molecule has 1 heterocycles. The van der Waals surface area contributed by atoms with Gasteiger partial charge in [0.2, 0.25) is 0 Å². The third-order valence-corrected chi connectivity index (χ3v) is 5.10. The Morgan fingerprint density at radius 3 is 2.17 bits per heavy atom. The summed E-state index contributed by atoms with van der Waals surface area (Å²) in [6.07, 6.45) is 2.93. The Bertz CT molecular complexity index is 953. The molecular weight excluding hydrogens is 322 g/mol. The number of hydrogen-bond donors (Lipinski definition) is 1. The van der Waals surface area contributed by atoms with Gasteiger partial charge in [0, 0.05) is 5.56 Å². The van der Waals surface area contributed by atoms with Gasteiger partial charge in [-0.25, -0.2) is 18.4 Å². The molecule has 0 unspecified atom stereocenters. The van der Waals surface area contributed by atoms with E-state index in [4.69, 9.17) is 0 Å². The first kappa shape index (κ1) is 16.1. The van der Waals surface area contributed by atoms with Crippen molar-refractivity contribution < 1.29 is 8.42 Å². The van der Waals surface area contributed by atoms with Crippen molar-refractivity contribution in [3.63, 3.8) is 0 Å². The monoisotopic (exact) mass is 339 g/mol. The molecule has 0 aliphatic heterocycles. The standard InChI is InChI=1S/C18H17N3O2S/c1-13-8-9-17(10-14(13)2)24(22,23)21-16-11-19-18(20-12-16)15-6-4-3-5-7-15/h3-12,21H,1-2H3. The summed E-state index contributed by atoms with van der Waals surface area (Å²) in [7, 11) is -3.66. The number of anilines is 1. The zero-order valence-electron chi connectivity index (χ0n) is 13.4. The number of sulfonamides is 1. The molecule has 1 aromatic heterocycles. The SMILES string of the molecule is Cc1ccc(S(=O)(=O)Nc2cnc(-c3ccccc3)nc2)cc1C. The van der Waals surface area contributed by atoms with Crippen LogP contribution in [0.15, 0.2) is 65.8 Å². The molecule has 122 valence electrons. The maximum Gasteiger partial charge on any atom is 0.262 e. The maximum absolute atomic E-state index is 12.5. The number of aryl methyl sites for hydroxylation is 2. The van der Waals surface area contributed by atoms with Gasteiger partial charge in [0.05, 0.1) is 23.0 Å². The van der Waals surface area contributed by atoms with Gasteiger partial charge < -0.3 is 0 Å². The van der Waals surface area contributed by atoms with Gasteiger partial charge >= 0.3 is 0 Å². The first-order valence-corrected chi connectivity index (χ1v) is 8.91. The molecule has 0 aliphatic rings. The lowest BCUT2D eigenvalue weighted by atomic mass is 10.1. The van der Waals surface area contributed by atoms with E-state index in [1.165, 1.54) is 12.4 Å². The van der Waals surface area contributed by atoms with Crippen LogP contribution in [-0.2, 0) is 10.0 Å². The molecule has 5 nitrogen and oxygen atoms in total. The highest BCUT2D eigenvalue weighted by atomic mass is 32.2. The Labute approximate surface area is 141 Å². The van der Waals surface area contributed by atoms with Crippen molar-refractivity contribution in [2.24, 2.45) is 0 Å².